The van der Waals surface area contributed by atoms with Crippen molar-refractivity contribution in [1.82, 2.24) is 10.3 Å². The van der Waals surface area contributed by atoms with Crippen LogP contribution in [0.1, 0.15) is 32.7 Å². The number of methoxy groups -OCH3 is 1. The van der Waals surface area contributed by atoms with E-state index in [1.54, 1.807) is 18.4 Å². The number of nitrogens with one attached hydrogen (secondary N) is 1. The lowest BCUT2D eigenvalue weighted by atomic mass is 10.0. The summed E-state index contributed by atoms with van der Waals surface area (Å²) in [6.45, 7) is 7.70. The number of aryl methyl sites for hydroxylation is 3. The van der Waals surface area contributed by atoms with E-state index in [1.165, 1.54) is 16.0 Å². The maximum absolute atomic E-state index is 6.07. The maximum Gasteiger partial charge on any atom is 0.115 e. The molecule has 2 aromatic rings. The predicted octanol–water partition coefficient (Wildman–Crippen LogP) is 4.05. The van der Waals surface area contributed by atoms with Gasteiger partial charge in [-0.05, 0) is 44.0 Å². The molecule has 0 radical (unpaired) electrons. The van der Waals surface area contributed by atoms with Crippen molar-refractivity contribution in [2.75, 3.05) is 20.3 Å². The Balaban J connectivity index is 2.35. The van der Waals surface area contributed by atoms with Gasteiger partial charge < -0.3 is 10.1 Å². The minimum atomic E-state index is 0.0785. The quantitative estimate of drug-likeness (QED) is 0.814. The summed E-state index contributed by atoms with van der Waals surface area (Å²) >= 11 is 7.81. The largest absolute Gasteiger partial charge is 0.383 e. The zero-order valence-electron chi connectivity index (χ0n) is 12.9. The van der Waals surface area contributed by atoms with Crippen molar-refractivity contribution in [1.29, 1.82) is 0 Å². The van der Waals surface area contributed by atoms with Crippen LogP contribution in [0.25, 0.3) is 0 Å². The first-order chi connectivity index (χ1) is 10.0. The highest BCUT2D eigenvalue weighted by Crippen LogP contribution is 2.30. The Hall–Kier alpha value is -0.940. The molecule has 0 saturated carbocycles. The number of benzene rings is 1. The molecule has 5 heteroatoms. The van der Waals surface area contributed by atoms with E-state index in [0.29, 0.717) is 6.61 Å². The van der Waals surface area contributed by atoms with Crippen LogP contribution < -0.4 is 5.32 Å². The van der Waals surface area contributed by atoms with E-state index in [9.17, 15) is 0 Å². The summed E-state index contributed by atoms with van der Waals surface area (Å²) in [5, 5.41) is 5.39. The van der Waals surface area contributed by atoms with E-state index in [4.69, 9.17) is 21.3 Å². The molecular formula is C16H21ClN2OS. The maximum atomic E-state index is 6.07. The minimum Gasteiger partial charge on any atom is -0.383 e. The van der Waals surface area contributed by atoms with Crippen LogP contribution in [0, 0.1) is 20.8 Å². The number of hydrogen-bond acceptors (Lipinski definition) is 4. The number of rotatable bonds is 6. The monoisotopic (exact) mass is 324 g/mol. The van der Waals surface area contributed by atoms with Crippen molar-refractivity contribution in [3.8, 4) is 0 Å². The van der Waals surface area contributed by atoms with Gasteiger partial charge in [-0.1, -0.05) is 17.7 Å². The van der Waals surface area contributed by atoms with Crippen molar-refractivity contribution >= 4 is 22.9 Å². The molecular weight excluding hydrogens is 304 g/mol. The van der Waals surface area contributed by atoms with Crippen LogP contribution in [0.3, 0.4) is 0 Å². The highest BCUT2D eigenvalue weighted by Gasteiger charge is 2.20. The molecule has 114 valence electrons. The molecule has 0 fully saturated rings. The van der Waals surface area contributed by atoms with Gasteiger partial charge in [0, 0.05) is 23.6 Å². The van der Waals surface area contributed by atoms with Crippen LogP contribution in [-0.2, 0) is 4.74 Å². The van der Waals surface area contributed by atoms with Gasteiger partial charge in [-0.2, -0.15) is 0 Å². The van der Waals surface area contributed by atoms with Crippen LogP contribution in [0.15, 0.2) is 18.2 Å². The second-order valence-electron chi connectivity index (χ2n) is 5.07. The molecule has 1 N–H and O–H groups in total. The molecule has 1 atom stereocenters. The van der Waals surface area contributed by atoms with Crippen LogP contribution >= 0.6 is 22.9 Å². The average molecular weight is 325 g/mol. The molecule has 1 aromatic carbocycles. The van der Waals surface area contributed by atoms with E-state index in [1.807, 2.05) is 12.1 Å². The topological polar surface area (TPSA) is 34.1 Å². The second kappa shape index (κ2) is 7.36. The molecule has 0 aliphatic heterocycles. The van der Waals surface area contributed by atoms with Crippen molar-refractivity contribution in [2.24, 2.45) is 0 Å². The SMILES string of the molecule is COCCNC(c1nc(C)c(C)s1)c1ccc(Cl)cc1C. The lowest BCUT2D eigenvalue weighted by Gasteiger charge is -2.19. The van der Waals surface area contributed by atoms with Gasteiger partial charge in [-0.15, -0.1) is 11.3 Å². The van der Waals surface area contributed by atoms with Gasteiger partial charge in [0.05, 0.1) is 18.3 Å². The number of thiazole rings is 1. The zero-order chi connectivity index (χ0) is 15.4. The average Bonchev–Trinajstić information content (AvgIpc) is 2.76. The van der Waals surface area contributed by atoms with Gasteiger partial charge in [0.1, 0.15) is 5.01 Å². The number of ether oxygens (including phenoxy) is 1. The van der Waals surface area contributed by atoms with Gasteiger partial charge in [0.25, 0.3) is 0 Å². The van der Waals surface area contributed by atoms with Crippen molar-refractivity contribution in [3.05, 3.63) is 49.9 Å². The number of hydrogen-bond donors (Lipinski definition) is 1. The van der Waals surface area contributed by atoms with Crippen LogP contribution in [0.5, 0.6) is 0 Å². The Bertz CT molecular complexity index is 593. The van der Waals surface area contributed by atoms with Crippen molar-refractivity contribution in [2.45, 2.75) is 26.8 Å². The van der Waals surface area contributed by atoms with Gasteiger partial charge in [-0.25, -0.2) is 4.98 Å². The fourth-order valence-corrected chi connectivity index (χ4v) is 3.46. The highest BCUT2D eigenvalue weighted by molar-refractivity contribution is 7.11. The Morgan fingerprint density at radius 2 is 2.10 bits per heavy atom. The van der Waals surface area contributed by atoms with Gasteiger partial charge >= 0.3 is 0 Å². The molecule has 2 rings (SSSR count). The first kappa shape index (κ1) is 16.4. The molecule has 0 saturated heterocycles. The Morgan fingerprint density at radius 3 is 2.67 bits per heavy atom. The molecule has 1 unspecified atom stereocenters. The van der Waals surface area contributed by atoms with Gasteiger partial charge in [0.15, 0.2) is 0 Å². The van der Waals surface area contributed by atoms with Gasteiger partial charge in [-0.3, -0.25) is 0 Å². The minimum absolute atomic E-state index is 0.0785. The molecule has 0 spiro atoms. The fraction of sp³-hybridized carbons (Fsp3) is 0.438. The summed E-state index contributed by atoms with van der Waals surface area (Å²) in [4.78, 5) is 5.97. The van der Waals surface area contributed by atoms with E-state index in [-0.39, 0.29) is 6.04 Å². The molecule has 1 heterocycles. The lowest BCUT2D eigenvalue weighted by Crippen LogP contribution is -2.26. The highest BCUT2D eigenvalue weighted by atomic mass is 35.5. The zero-order valence-corrected chi connectivity index (χ0v) is 14.4. The van der Waals surface area contributed by atoms with Crippen molar-refractivity contribution in [3.63, 3.8) is 0 Å². The number of nitrogens with zero attached hydrogens (tertiary/aromatic N) is 1. The molecule has 0 bridgehead atoms. The Labute approximate surface area is 135 Å². The van der Waals surface area contributed by atoms with Gasteiger partial charge in [0.2, 0.25) is 0 Å². The third-order valence-electron chi connectivity index (χ3n) is 3.49. The molecule has 0 aliphatic carbocycles. The summed E-state index contributed by atoms with van der Waals surface area (Å²) < 4.78 is 5.14. The molecule has 3 nitrogen and oxygen atoms in total. The summed E-state index contributed by atoms with van der Waals surface area (Å²) in [5.41, 5.74) is 3.48. The summed E-state index contributed by atoms with van der Waals surface area (Å²) in [6, 6.07) is 6.08. The standard InChI is InChI=1S/C16H21ClN2OS/c1-10-9-13(17)5-6-14(10)15(18-7-8-20-4)16-19-11(2)12(3)21-16/h5-6,9,15,18H,7-8H2,1-4H3. The Kier molecular flexibility index (Phi) is 5.76. The van der Waals surface area contributed by atoms with Crippen molar-refractivity contribution < 1.29 is 4.74 Å². The third-order valence-corrected chi connectivity index (χ3v) is 4.86. The van der Waals surface area contributed by atoms with E-state index >= 15 is 0 Å². The number of halogens is 1. The second-order valence-corrected chi connectivity index (χ2v) is 6.75. The normalized spacial score (nSPS) is 12.6. The molecule has 21 heavy (non-hydrogen) atoms. The van der Waals surface area contributed by atoms with E-state index < -0.39 is 0 Å². The molecule has 0 aliphatic rings. The summed E-state index contributed by atoms with van der Waals surface area (Å²) in [7, 11) is 1.71. The van der Waals surface area contributed by atoms with Crippen LogP contribution in [0.4, 0.5) is 0 Å². The Morgan fingerprint density at radius 1 is 1.33 bits per heavy atom. The third kappa shape index (κ3) is 4.04. The summed E-state index contributed by atoms with van der Waals surface area (Å²) in [6.07, 6.45) is 0. The number of aromatic nitrogens is 1. The van der Waals surface area contributed by atoms with Crippen LogP contribution in [-0.4, -0.2) is 25.2 Å². The summed E-state index contributed by atoms with van der Waals surface area (Å²) in [5.74, 6) is 0. The van der Waals surface area contributed by atoms with Crippen LogP contribution in [0.2, 0.25) is 5.02 Å². The predicted molar refractivity (Wildman–Crippen MR) is 89.5 cm³/mol. The van der Waals surface area contributed by atoms with E-state index in [2.05, 4.69) is 32.2 Å². The lowest BCUT2D eigenvalue weighted by molar-refractivity contribution is 0.197. The molecule has 0 amide bonds. The smallest absolute Gasteiger partial charge is 0.115 e. The fourth-order valence-electron chi connectivity index (χ4n) is 2.22. The molecule has 1 aromatic heterocycles. The van der Waals surface area contributed by atoms with E-state index in [0.717, 1.165) is 22.3 Å². The first-order valence-corrected chi connectivity index (χ1v) is 8.14. The first-order valence-electron chi connectivity index (χ1n) is 6.95.